The number of hydrogen-bond acceptors (Lipinski definition) is 3. The Balaban J connectivity index is 1.88. The predicted molar refractivity (Wildman–Crippen MR) is 107 cm³/mol. The number of piperidine rings is 1. The first-order valence-electron chi connectivity index (χ1n) is 8.43. The first-order chi connectivity index (χ1) is 12.2. The summed E-state index contributed by atoms with van der Waals surface area (Å²) in [5.41, 5.74) is 1.62. The van der Waals surface area contributed by atoms with Crippen molar-refractivity contribution in [3.8, 4) is 0 Å². The highest BCUT2D eigenvalue weighted by Crippen LogP contribution is 2.26. The molecule has 0 aliphatic carbocycles. The highest BCUT2D eigenvalue weighted by Gasteiger charge is 2.31. The standard InChI is InChI=1S/C20H21ClN2OS/c1-25-20(22-17-7-3-2-4-8-17)23-14-6-5-9-18(23)19(24)15-10-12-16(21)13-11-15/h2-4,7-8,10-13,18H,5-6,9,14H2,1H3/t18-/m0/s1. The number of likely N-dealkylation sites (tertiary alicyclic amines) is 1. The van der Waals surface area contributed by atoms with E-state index in [0.29, 0.717) is 10.6 Å². The van der Waals surface area contributed by atoms with Crippen LogP contribution >= 0.6 is 23.4 Å². The van der Waals surface area contributed by atoms with E-state index in [4.69, 9.17) is 16.6 Å². The lowest BCUT2D eigenvalue weighted by atomic mass is 9.95. The van der Waals surface area contributed by atoms with Crippen LogP contribution in [0.25, 0.3) is 0 Å². The van der Waals surface area contributed by atoms with Gasteiger partial charge in [0.15, 0.2) is 11.0 Å². The molecule has 1 aliphatic heterocycles. The molecule has 1 saturated heterocycles. The fraction of sp³-hybridized carbons (Fsp3) is 0.300. The molecule has 2 aromatic carbocycles. The number of nitrogens with zero attached hydrogens (tertiary/aromatic N) is 2. The molecule has 3 rings (SSSR count). The highest BCUT2D eigenvalue weighted by molar-refractivity contribution is 8.13. The summed E-state index contributed by atoms with van der Waals surface area (Å²) in [7, 11) is 0. The van der Waals surface area contributed by atoms with Crippen molar-refractivity contribution in [2.45, 2.75) is 25.3 Å². The monoisotopic (exact) mass is 372 g/mol. The van der Waals surface area contributed by atoms with Crippen molar-refractivity contribution in [3.63, 3.8) is 0 Å². The fourth-order valence-corrected chi connectivity index (χ4v) is 3.86. The van der Waals surface area contributed by atoms with Gasteiger partial charge in [0.1, 0.15) is 0 Å². The minimum absolute atomic E-state index is 0.145. The minimum atomic E-state index is -0.162. The van der Waals surface area contributed by atoms with Gasteiger partial charge >= 0.3 is 0 Å². The van der Waals surface area contributed by atoms with E-state index in [1.54, 1.807) is 23.9 Å². The molecule has 0 amide bonds. The maximum Gasteiger partial charge on any atom is 0.185 e. The summed E-state index contributed by atoms with van der Waals surface area (Å²) in [5.74, 6) is 0.145. The number of amidine groups is 1. The average molecular weight is 373 g/mol. The minimum Gasteiger partial charge on any atom is -0.341 e. The number of carbonyl (C=O) groups excluding carboxylic acids is 1. The second-order valence-electron chi connectivity index (χ2n) is 6.01. The van der Waals surface area contributed by atoms with Gasteiger partial charge in [-0.25, -0.2) is 4.99 Å². The Morgan fingerprint density at radius 3 is 2.52 bits per heavy atom. The second kappa shape index (κ2) is 8.54. The number of aliphatic imine (C=N–C) groups is 1. The highest BCUT2D eigenvalue weighted by atomic mass is 35.5. The maximum absolute atomic E-state index is 13.0. The van der Waals surface area contributed by atoms with Gasteiger partial charge in [-0.15, -0.1) is 0 Å². The van der Waals surface area contributed by atoms with E-state index < -0.39 is 0 Å². The lowest BCUT2D eigenvalue weighted by Crippen LogP contribution is -2.47. The first-order valence-corrected chi connectivity index (χ1v) is 10.0. The zero-order valence-corrected chi connectivity index (χ0v) is 15.8. The molecule has 0 radical (unpaired) electrons. The molecule has 1 atom stereocenters. The first kappa shape index (κ1) is 18.0. The van der Waals surface area contributed by atoms with Crippen LogP contribution in [0.3, 0.4) is 0 Å². The van der Waals surface area contributed by atoms with Crippen molar-refractivity contribution in [1.29, 1.82) is 0 Å². The Labute approximate surface area is 158 Å². The molecule has 0 unspecified atom stereocenters. The van der Waals surface area contributed by atoms with Crippen LogP contribution < -0.4 is 0 Å². The van der Waals surface area contributed by atoms with Crippen molar-refractivity contribution in [2.24, 2.45) is 4.99 Å². The van der Waals surface area contributed by atoms with Gasteiger partial charge in [-0.3, -0.25) is 4.79 Å². The second-order valence-corrected chi connectivity index (χ2v) is 7.22. The molecule has 3 nitrogen and oxygen atoms in total. The molecular formula is C20H21ClN2OS. The van der Waals surface area contributed by atoms with E-state index in [0.717, 1.165) is 36.7 Å². The Morgan fingerprint density at radius 2 is 1.84 bits per heavy atom. The number of ketones is 1. The molecule has 1 aliphatic rings. The summed E-state index contributed by atoms with van der Waals surface area (Å²) in [6.45, 7) is 0.858. The molecule has 0 spiro atoms. The van der Waals surface area contributed by atoms with Crippen LogP contribution in [0.1, 0.15) is 29.6 Å². The van der Waals surface area contributed by atoms with E-state index in [1.807, 2.05) is 48.7 Å². The molecule has 25 heavy (non-hydrogen) atoms. The quantitative estimate of drug-likeness (QED) is 0.409. The summed E-state index contributed by atoms with van der Waals surface area (Å²) >= 11 is 7.54. The summed E-state index contributed by atoms with van der Waals surface area (Å²) < 4.78 is 0. The topological polar surface area (TPSA) is 32.7 Å². The van der Waals surface area contributed by atoms with Crippen LogP contribution in [0.2, 0.25) is 5.02 Å². The van der Waals surface area contributed by atoms with Gasteiger partial charge in [0, 0.05) is 17.1 Å². The zero-order chi connectivity index (χ0) is 17.6. The zero-order valence-electron chi connectivity index (χ0n) is 14.2. The fourth-order valence-electron chi connectivity index (χ4n) is 3.08. The molecule has 2 aromatic rings. The van der Waals surface area contributed by atoms with Crippen molar-refractivity contribution in [1.82, 2.24) is 4.90 Å². The average Bonchev–Trinajstić information content (AvgIpc) is 2.67. The Bertz CT molecular complexity index is 746. The van der Waals surface area contributed by atoms with Crippen LogP contribution in [0, 0.1) is 0 Å². The van der Waals surface area contributed by atoms with Gasteiger partial charge in [-0.2, -0.15) is 0 Å². The summed E-state index contributed by atoms with van der Waals surface area (Å²) in [6, 6.07) is 16.9. The molecule has 5 heteroatoms. The Kier molecular flexibility index (Phi) is 6.16. The number of para-hydroxylation sites is 1. The summed E-state index contributed by atoms with van der Waals surface area (Å²) in [4.78, 5) is 20.0. The van der Waals surface area contributed by atoms with Crippen LogP contribution in [0.5, 0.6) is 0 Å². The molecule has 0 saturated carbocycles. The predicted octanol–water partition coefficient (Wildman–Crippen LogP) is 5.43. The number of halogens is 1. The third kappa shape index (κ3) is 4.44. The van der Waals surface area contributed by atoms with Crippen LogP contribution in [-0.4, -0.2) is 34.7 Å². The lowest BCUT2D eigenvalue weighted by molar-refractivity contribution is 0.0854. The number of benzene rings is 2. The largest absolute Gasteiger partial charge is 0.341 e. The number of rotatable bonds is 3. The van der Waals surface area contributed by atoms with Crippen molar-refractivity contribution >= 4 is 40.0 Å². The maximum atomic E-state index is 13.0. The Hall–Kier alpha value is -1.78. The van der Waals surface area contributed by atoms with Gasteiger partial charge in [-0.1, -0.05) is 41.6 Å². The molecule has 0 N–H and O–H groups in total. The third-order valence-electron chi connectivity index (χ3n) is 4.34. The van der Waals surface area contributed by atoms with Crippen LogP contribution in [0.4, 0.5) is 5.69 Å². The van der Waals surface area contributed by atoms with E-state index in [2.05, 4.69) is 4.90 Å². The van der Waals surface area contributed by atoms with E-state index in [-0.39, 0.29) is 11.8 Å². The lowest BCUT2D eigenvalue weighted by Gasteiger charge is -2.36. The molecule has 0 bridgehead atoms. The SMILES string of the molecule is CSC(=Nc1ccccc1)N1CCCC[C@H]1C(=O)c1ccc(Cl)cc1. The van der Waals surface area contributed by atoms with Gasteiger partial charge in [0.05, 0.1) is 11.7 Å². The molecule has 1 heterocycles. The van der Waals surface area contributed by atoms with Gasteiger partial charge in [-0.05, 0) is 61.9 Å². The molecular weight excluding hydrogens is 352 g/mol. The Morgan fingerprint density at radius 1 is 1.12 bits per heavy atom. The van der Waals surface area contributed by atoms with Crippen LogP contribution in [-0.2, 0) is 0 Å². The van der Waals surface area contributed by atoms with Crippen LogP contribution in [0.15, 0.2) is 59.6 Å². The number of thioether (sulfide) groups is 1. The molecule has 1 fully saturated rings. The third-order valence-corrected chi connectivity index (χ3v) is 5.29. The van der Waals surface area contributed by atoms with Crippen molar-refractivity contribution < 1.29 is 4.79 Å². The number of Topliss-reactive ketones (excluding diaryl/α,β-unsaturated/α-hetero) is 1. The van der Waals surface area contributed by atoms with Gasteiger partial charge in [0.2, 0.25) is 0 Å². The normalized spacial score (nSPS) is 18.2. The van der Waals surface area contributed by atoms with E-state index in [9.17, 15) is 4.79 Å². The van der Waals surface area contributed by atoms with E-state index >= 15 is 0 Å². The number of carbonyl (C=O) groups is 1. The van der Waals surface area contributed by atoms with Crippen molar-refractivity contribution in [2.75, 3.05) is 12.8 Å². The number of hydrogen-bond donors (Lipinski definition) is 0. The summed E-state index contributed by atoms with van der Waals surface area (Å²) in [6.07, 6.45) is 5.02. The molecule has 0 aromatic heterocycles. The summed E-state index contributed by atoms with van der Waals surface area (Å²) in [5, 5.41) is 1.55. The van der Waals surface area contributed by atoms with Gasteiger partial charge in [0.25, 0.3) is 0 Å². The van der Waals surface area contributed by atoms with Gasteiger partial charge < -0.3 is 4.90 Å². The molecule has 130 valence electrons. The van der Waals surface area contributed by atoms with Crippen molar-refractivity contribution in [3.05, 3.63) is 65.2 Å². The van der Waals surface area contributed by atoms with E-state index in [1.165, 1.54) is 0 Å². The smallest absolute Gasteiger partial charge is 0.185 e.